The minimum atomic E-state index is -0.0363. The third kappa shape index (κ3) is 4.10. The first-order valence-electron chi connectivity index (χ1n) is 9.08. The molecule has 1 aliphatic rings. The molecule has 1 atom stereocenters. The Kier molecular flexibility index (Phi) is 6.84. The van der Waals surface area contributed by atoms with Gasteiger partial charge in [0.25, 0.3) is 0 Å². The van der Waals surface area contributed by atoms with Gasteiger partial charge in [0.15, 0.2) is 0 Å². The molecule has 0 saturated carbocycles. The van der Waals surface area contributed by atoms with E-state index in [0.717, 1.165) is 48.4 Å². The van der Waals surface area contributed by atoms with Crippen LogP contribution < -0.4 is 5.32 Å². The largest absolute Gasteiger partial charge is 0.340 e. The van der Waals surface area contributed by atoms with Crippen molar-refractivity contribution in [3.63, 3.8) is 0 Å². The van der Waals surface area contributed by atoms with Crippen molar-refractivity contribution < 1.29 is 4.79 Å². The normalized spacial score (nSPS) is 16.8. The third-order valence-corrected chi connectivity index (χ3v) is 5.16. The second-order valence-electron chi connectivity index (χ2n) is 7.04. The first-order chi connectivity index (χ1) is 12.0. The molecule has 0 radical (unpaired) electrons. The summed E-state index contributed by atoms with van der Waals surface area (Å²) in [5.41, 5.74) is 5.50. The van der Waals surface area contributed by atoms with Gasteiger partial charge in [0.05, 0.1) is 17.4 Å². The van der Waals surface area contributed by atoms with Crippen LogP contribution in [0.2, 0.25) is 0 Å². The van der Waals surface area contributed by atoms with Crippen molar-refractivity contribution in [1.29, 1.82) is 0 Å². The van der Waals surface area contributed by atoms with Crippen LogP contribution in [0, 0.1) is 20.8 Å². The molecule has 1 fully saturated rings. The first-order valence-corrected chi connectivity index (χ1v) is 9.08. The number of piperidine rings is 1. The zero-order valence-electron chi connectivity index (χ0n) is 16.1. The van der Waals surface area contributed by atoms with Crippen molar-refractivity contribution in [2.24, 2.45) is 0 Å². The molecule has 1 aromatic carbocycles. The van der Waals surface area contributed by atoms with Gasteiger partial charge in [-0.15, -0.1) is 12.4 Å². The maximum atomic E-state index is 12.7. The van der Waals surface area contributed by atoms with Gasteiger partial charge < -0.3 is 10.2 Å². The average Bonchev–Trinajstić information content (AvgIpc) is 2.90. The fourth-order valence-corrected chi connectivity index (χ4v) is 3.58. The van der Waals surface area contributed by atoms with Gasteiger partial charge in [0.1, 0.15) is 0 Å². The van der Waals surface area contributed by atoms with Crippen molar-refractivity contribution >= 4 is 18.3 Å². The molecule has 1 aromatic heterocycles. The number of hydrogen-bond donors (Lipinski definition) is 1. The minimum absolute atomic E-state index is 0. The smallest absolute Gasteiger partial charge is 0.239 e. The molecule has 1 saturated heterocycles. The van der Waals surface area contributed by atoms with E-state index in [1.807, 2.05) is 35.7 Å². The Bertz CT molecular complexity index is 765. The molecule has 1 aliphatic heterocycles. The molecule has 1 N–H and O–H groups in total. The van der Waals surface area contributed by atoms with Crippen LogP contribution in [0.3, 0.4) is 0 Å². The number of aryl methyl sites for hydroxylation is 2. The number of carbonyl (C=O) groups excluding carboxylic acids is 1. The SMILES string of the molecule is Cc1ccccc1-n1nc(C)c(CN(C)C(=O)C2CCCCN2)c1C.Cl. The van der Waals surface area contributed by atoms with Crippen molar-refractivity contribution in [3.05, 3.63) is 46.8 Å². The Morgan fingerprint density at radius 3 is 2.65 bits per heavy atom. The Labute approximate surface area is 162 Å². The van der Waals surface area contributed by atoms with Gasteiger partial charge in [-0.25, -0.2) is 4.68 Å². The lowest BCUT2D eigenvalue weighted by atomic mass is 10.0. The van der Waals surface area contributed by atoms with Gasteiger partial charge in [-0.2, -0.15) is 5.10 Å². The molecule has 1 unspecified atom stereocenters. The summed E-state index contributed by atoms with van der Waals surface area (Å²) in [6.45, 7) is 7.73. The van der Waals surface area contributed by atoms with E-state index >= 15 is 0 Å². The van der Waals surface area contributed by atoms with Crippen molar-refractivity contribution in [2.45, 2.75) is 52.6 Å². The summed E-state index contributed by atoms with van der Waals surface area (Å²) >= 11 is 0. The van der Waals surface area contributed by atoms with E-state index in [1.54, 1.807) is 0 Å². The number of halogens is 1. The Morgan fingerprint density at radius 1 is 1.27 bits per heavy atom. The summed E-state index contributed by atoms with van der Waals surface area (Å²) in [6.07, 6.45) is 3.22. The van der Waals surface area contributed by atoms with Gasteiger partial charge in [-0.05, 0) is 51.8 Å². The molecule has 0 spiro atoms. The van der Waals surface area contributed by atoms with Crippen LogP contribution in [0.4, 0.5) is 0 Å². The summed E-state index contributed by atoms with van der Waals surface area (Å²) < 4.78 is 2.00. The molecule has 0 bridgehead atoms. The van der Waals surface area contributed by atoms with Crippen molar-refractivity contribution in [1.82, 2.24) is 20.0 Å². The molecule has 2 heterocycles. The van der Waals surface area contributed by atoms with Crippen molar-refractivity contribution in [3.8, 4) is 5.69 Å². The highest BCUT2D eigenvalue weighted by Crippen LogP contribution is 2.22. The standard InChI is InChI=1S/C20H28N4O.ClH/c1-14-9-5-6-11-19(14)24-16(3)17(15(2)22-24)13-23(4)20(25)18-10-7-8-12-21-18;/h5-6,9,11,18,21H,7-8,10,12-13H2,1-4H3;1H. The highest BCUT2D eigenvalue weighted by atomic mass is 35.5. The Hall–Kier alpha value is -1.85. The number of para-hydroxylation sites is 1. The van der Waals surface area contributed by atoms with E-state index in [0.29, 0.717) is 6.54 Å². The highest BCUT2D eigenvalue weighted by molar-refractivity contribution is 5.85. The predicted octanol–water partition coefficient (Wildman–Crippen LogP) is 3.32. The number of benzene rings is 1. The molecule has 3 rings (SSSR count). The van der Waals surface area contributed by atoms with Crippen LogP contribution in [0.1, 0.15) is 41.8 Å². The predicted molar refractivity (Wildman–Crippen MR) is 107 cm³/mol. The molecule has 26 heavy (non-hydrogen) atoms. The highest BCUT2D eigenvalue weighted by Gasteiger charge is 2.25. The monoisotopic (exact) mass is 376 g/mol. The van der Waals surface area contributed by atoms with E-state index in [2.05, 4.69) is 31.3 Å². The zero-order valence-corrected chi connectivity index (χ0v) is 16.9. The summed E-state index contributed by atoms with van der Waals surface area (Å²) in [5.74, 6) is 0.183. The van der Waals surface area contributed by atoms with Crippen LogP contribution in [-0.4, -0.2) is 40.2 Å². The van der Waals surface area contributed by atoms with Gasteiger partial charge in [-0.3, -0.25) is 4.79 Å². The fourth-order valence-electron chi connectivity index (χ4n) is 3.58. The lowest BCUT2D eigenvalue weighted by Crippen LogP contribution is -2.47. The van der Waals surface area contributed by atoms with E-state index in [4.69, 9.17) is 5.10 Å². The second-order valence-corrected chi connectivity index (χ2v) is 7.04. The number of hydrogen-bond acceptors (Lipinski definition) is 3. The van der Waals surface area contributed by atoms with Crippen LogP contribution in [0.5, 0.6) is 0 Å². The molecule has 142 valence electrons. The molecule has 0 aliphatic carbocycles. The Balaban J connectivity index is 0.00000243. The van der Waals surface area contributed by atoms with E-state index in [1.165, 1.54) is 5.56 Å². The summed E-state index contributed by atoms with van der Waals surface area (Å²) in [5, 5.41) is 8.07. The number of carbonyl (C=O) groups is 1. The van der Waals surface area contributed by atoms with E-state index in [-0.39, 0.29) is 24.4 Å². The molecule has 5 nitrogen and oxygen atoms in total. The topological polar surface area (TPSA) is 50.2 Å². The number of amides is 1. The summed E-state index contributed by atoms with van der Waals surface area (Å²) in [4.78, 5) is 14.5. The molecule has 2 aromatic rings. The van der Waals surface area contributed by atoms with Gasteiger partial charge >= 0.3 is 0 Å². The second kappa shape index (κ2) is 8.69. The molecular formula is C20H29ClN4O. The Morgan fingerprint density at radius 2 is 2.00 bits per heavy atom. The molecular weight excluding hydrogens is 348 g/mol. The van der Waals surface area contributed by atoms with Crippen LogP contribution in [0.15, 0.2) is 24.3 Å². The number of nitrogens with zero attached hydrogens (tertiary/aromatic N) is 3. The van der Waals surface area contributed by atoms with E-state index in [9.17, 15) is 4.79 Å². The lowest BCUT2D eigenvalue weighted by Gasteiger charge is -2.27. The number of nitrogens with one attached hydrogen (secondary N) is 1. The summed E-state index contributed by atoms with van der Waals surface area (Å²) in [7, 11) is 1.89. The quantitative estimate of drug-likeness (QED) is 0.890. The number of rotatable bonds is 4. The minimum Gasteiger partial charge on any atom is -0.340 e. The first kappa shape index (κ1) is 20.5. The number of aromatic nitrogens is 2. The molecule has 6 heteroatoms. The molecule has 1 amide bonds. The third-order valence-electron chi connectivity index (χ3n) is 5.16. The van der Waals surface area contributed by atoms with Gasteiger partial charge in [0, 0.05) is 24.8 Å². The van der Waals surface area contributed by atoms with Gasteiger partial charge in [0.2, 0.25) is 5.91 Å². The summed E-state index contributed by atoms with van der Waals surface area (Å²) in [6, 6.07) is 8.21. The van der Waals surface area contributed by atoms with Crippen LogP contribution in [-0.2, 0) is 11.3 Å². The number of likely N-dealkylation sites (N-methyl/N-ethyl adjacent to an activating group) is 1. The average molecular weight is 377 g/mol. The van der Waals surface area contributed by atoms with Crippen LogP contribution >= 0.6 is 12.4 Å². The lowest BCUT2D eigenvalue weighted by molar-refractivity contribution is -0.133. The van der Waals surface area contributed by atoms with Gasteiger partial charge in [-0.1, -0.05) is 24.6 Å². The van der Waals surface area contributed by atoms with Crippen LogP contribution in [0.25, 0.3) is 5.69 Å². The fraction of sp³-hybridized carbons (Fsp3) is 0.500. The van der Waals surface area contributed by atoms with E-state index < -0.39 is 0 Å². The zero-order chi connectivity index (χ0) is 18.0. The maximum absolute atomic E-state index is 12.7. The van der Waals surface area contributed by atoms with Crippen molar-refractivity contribution in [2.75, 3.05) is 13.6 Å². The maximum Gasteiger partial charge on any atom is 0.239 e.